The summed E-state index contributed by atoms with van der Waals surface area (Å²) in [5.74, 6) is 0.255. The Morgan fingerprint density at radius 3 is 1.60 bits per heavy atom. The number of hydrogen-bond acceptors (Lipinski definition) is 7. The van der Waals surface area contributed by atoms with Crippen molar-refractivity contribution in [3.63, 3.8) is 0 Å². The zero-order valence-electron chi connectivity index (χ0n) is 19.8. The number of methoxy groups -OCH3 is 2. The number of carbonyl (C=O) groups excluding carboxylic acids is 2. The van der Waals surface area contributed by atoms with Crippen LogP contribution in [0.4, 0.5) is 0 Å². The highest BCUT2D eigenvalue weighted by Crippen LogP contribution is 2.27. The predicted molar refractivity (Wildman–Crippen MR) is 135 cm³/mol. The quantitative estimate of drug-likeness (QED) is 0.307. The molecule has 0 saturated heterocycles. The number of aromatic hydroxyl groups is 3. The summed E-state index contributed by atoms with van der Waals surface area (Å²) in [5.41, 5.74) is 2.42. The minimum absolute atomic E-state index is 0.00662. The maximum Gasteiger partial charge on any atom is 0.163 e. The number of phenolic OH excluding ortho intramolecular Hbond substituents is 3. The number of ketones is 2. The van der Waals surface area contributed by atoms with Crippen molar-refractivity contribution >= 4 is 23.7 Å². The molecule has 0 heterocycles. The molecule has 0 spiro atoms. The Labute approximate surface area is 204 Å². The largest absolute Gasteiger partial charge is 0.508 e. The topological polar surface area (TPSA) is 113 Å². The third-order valence-corrected chi connectivity index (χ3v) is 4.68. The molecule has 0 radical (unpaired) electrons. The standard InChI is InChI=1S/C21H20O6.C7H8O/c1-26-20-11-14(5-9-18(20)24)3-7-16(22)13-17(23)8-4-15-6-10-19(25)21(12-15)27-2;1-6-3-2-4-7(8)5-6/h3-12,24-25H,13H2,1-2H3;2-5,8H,1H3/b7-3+,8-4+;. The lowest BCUT2D eigenvalue weighted by Gasteiger charge is -2.03. The third kappa shape index (κ3) is 9.09. The van der Waals surface area contributed by atoms with Gasteiger partial charge in [-0.3, -0.25) is 9.59 Å². The van der Waals surface area contributed by atoms with Crippen molar-refractivity contribution in [3.05, 3.63) is 89.5 Å². The Morgan fingerprint density at radius 2 is 1.23 bits per heavy atom. The van der Waals surface area contributed by atoms with Gasteiger partial charge in [0.15, 0.2) is 34.6 Å². The summed E-state index contributed by atoms with van der Waals surface area (Å²) < 4.78 is 10.00. The van der Waals surface area contributed by atoms with E-state index in [0.29, 0.717) is 28.4 Å². The molecule has 7 nitrogen and oxygen atoms in total. The number of ether oxygens (including phenoxy) is 2. The number of allylic oxidation sites excluding steroid dienone is 2. The fraction of sp³-hybridized carbons (Fsp3) is 0.143. The van der Waals surface area contributed by atoms with Gasteiger partial charge in [0.2, 0.25) is 0 Å². The lowest BCUT2D eigenvalue weighted by atomic mass is 10.1. The minimum atomic E-state index is -0.347. The van der Waals surface area contributed by atoms with Crippen LogP contribution in [0.1, 0.15) is 23.1 Å². The highest BCUT2D eigenvalue weighted by Gasteiger charge is 2.06. The molecule has 0 fully saturated rings. The molecule has 0 aliphatic carbocycles. The molecule has 0 bridgehead atoms. The monoisotopic (exact) mass is 476 g/mol. The van der Waals surface area contributed by atoms with Crippen LogP contribution in [0.5, 0.6) is 28.7 Å². The van der Waals surface area contributed by atoms with E-state index >= 15 is 0 Å². The first-order valence-electron chi connectivity index (χ1n) is 10.6. The normalized spacial score (nSPS) is 10.6. The second-order valence-corrected chi connectivity index (χ2v) is 7.48. The number of aryl methyl sites for hydroxylation is 1. The van der Waals surface area contributed by atoms with E-state index in [4.69, 9.17) is 14.6 Å². The molecule has 0 aromatic heterocycles. The minimum Gasteiger partial charge on any atom is -0.508 e. The molecule has 182 valence electrons. The van der Waals surface area contributed by atoms with Gasteiger partial charge in [0.1, 0.15) is 5.75 Å². The fourth-order valence-electron chi connectivity index (χ4n) is 2.89. The zero-order valence-corrected chi connectivity index (χ0v) is 19.8. The van der Waals surface area contributed by atoms with E-state index in [0.717, 1.165) is 5.56 Å². The molecular formula is C28H28O7. The molecule has 0 saturated carbocycles. The summed E-state index contributed by atoms with van der Waals surface area (Å²) >= 11 is 0. The molecule has 0 amide bonds. The molecule has 7 heteroatoms. The number of benzene rings is 3. The zero-order chi connectivity index (χ0) is 25.8. The average Bonchev–Trinajstić information content (AvgIpc) is 2.83. The van der Waals surface area contributed by atoms with E-state index < -0.39 is 0 Å². The summed E-state index contributed by atoms with van der Waals surface area (Å²) in [5, 5.41) is 27.9. The van der Waals surface area contributed by atoms with Crippen molar-refractivity contribution < 1.29 is 34.4 Å². The summed E-state index contributed by atoms with van der Waals surface area (Å²) in [6.45, 7) is 1.94. The Morgan fingerprint density at radius 1 is 0.743 bits per heavy atom. The van der Waals surface area contributed by atoms with Crippen molar-refractivity contribution in [1.82, 2.24) is 0 Å². The Kier molecular flexibility index (Phi) is 10.1. The second-order valence-electron chi connectivity index (χ2n) is 7.48. The van der Waals surface area contributed by atoms with Crippen molar-refractivity contribution in [2.24, 2.45) is 0 Å². The number of rotatable bonds is 8. The Balaban J connectivity index is 0.000000456. The number of phenols is 3. The molecule has 0 unspecified atom stereocenters. The fourth-order valence-corrected chi connectivity index (χ4v) is 2.89. The van der Waals surface area contributed by atoms with Crippen LogP contribution >= 0.6 is 0 Å². The molecular weight excluding hydrogens is 448 g/mol. The maximum atomic E-state index is 11.9. The first kappa shape index (κ1) is 26.7. The second kappa shape index (κ2) is 13.3. The van der Waals surface area contributed by atoms with Gasteiger partial charge in [0, 0.05) is 0 Å². The molecule has 3 aromatic rings. The van der Waals surface area contributed by atoms with Crippen LogP contribution in [-0.4, -0.2) is 41.1 Å². The summed E-state index contributed by atoms with van der Waals surface area (Å²) in [6.07, 6.45) is 5.44. The van der Waals surface area contributed by atoms with Gasteiger partial charge in [-0.15, -0.1) is 0 Å². The van der Waals surface area contributed by atoms with Crippen LogP contribution in [0.25, 0.3) is 12.2 Å². The molecule has 3 N–H and O–H groups in total. The van der Waals surface area contributed by atoms with Crippen molar-refractivity contribution in [3.8, 4) is 28.7 Å². The SMILES string of the molecule is COc1cc(/C=C/C(=O)CC(=O)/C=C/c2ccc(O)c(OC)c2)ccc1O.Cc1cccc(O)c1. The van der Waals surface area contributed by atoms with E-state index in [-0.39, 0.29) is 29.5 Å². The first-order chi connectivity index (χ1) is 16.7. The highest BCUT2D eigenvalue weighted by atomic mass is 16.5. The van der Waals surface area contributed by atoms with Crippen molar-refractivity contribution in [1.29, 1.82) is 0 Å². The third-order valence-electron chi connectivity index (χ3n) is 4.68. The van der Waals surface area contributed by atoms with Gasteiger partial charge in [-0.05, 0) is 72.2 Å². The lowest BCUT2D eigenvalue weighted by Crippen LogP contribution is -2.01. The van der Waals surface area contributed by atoms with Crippen LogP contribution in [0.2, 0.25) is 0 Å². The average molecular weight is 477 g/mol. The lowest BCUT2D eigenvalue weighted by molar-refractivity contribution is -0.121. The van der Waals surface area contributed by atoms with E-state index in [2.05, 4.69) is 0 Å². The van der Waals surface area contributed by atoms with Crippen molar-refractivity contribution in [2.45, 2.75) is 13.3 Å². The predicted octanol–water partition coefficient (Wildman–Crippen LogP) is 5.07. The van der Waals surface area contributed by atoms with E-state index in [1.54, 1.807) is 48.6 Å². The summed E-state index contributed by atoms with van der Waals surface area (Å²) in [4.78, 5) is 23.9. The van der Waals surface area contributed by atoms with Gasteiger partial charge >= 0.3 is 0 Å². The van der Waals surface area contributed by atoms with Crippen LogP contribution in [0.3, 0.4) is 0 Å². The highest BCUT2D eigenvalue weighted by molar-refractivity contribution is 6.10. The number of hydrogen-bond donors (Lipinski definition) is 3. The Bertz CT molecular complexity index is 1130. The Hall–Kier alpha value is -4.52. The van der Waals surface area contributed by atoms with E-state index in [1.807, 2.05) is 19.1 Å². The van der Waals surface area contributed by atoms with Gasteiger partial charge in [-0.1, -0.05) is 36.4 Å². The number of carbonyl (C=O) groups is 2. The van der Waals surface area contributed by atoms with Gasteiger partial charge < -0.3 is 24.8 Å². The summed E-state index contributed by atoms with van der Waals surface area (Å²) in [6, 6.07) is 16.5. The van der Waals surface area contributed by atoms with E-state index in [9.17, 15) is 19.8 Å². The molecule has 0 aliphatic rings. The van der Waals surface area contributed by atoms with Crippen molar-refractivity contribution in [2.75, 3.05) is 14.2 Å². The maximum absolute atomic E-state index is 11.9. The molecule has 0 aliphatic heterocycles. The molecule has 0 atom stereocenters. The van der Waals surface area contributed by atoms with Gasteiger partial charge in [0.05, 0.1) is 20.6 Å². The van der Waals surface area contributed by atoms with Crippen LogP contribution in [-0.2, 0) is 9.59 Å². The summed E-state index contributed by atoms with van der Waals surface area (Å²) in [7, 11) is 2.87. The van der Waals surface area contributed by atoms with Crippen LogP contribution in [0.15, 0.2) is 72.8 Å². The van der Waals surface area contributed by atoms with Gasteiger partial charge in [-0.25, -0.2) is 0 Å². The van der Waals surface area contributed by atoms with Gasteiger partial charge in [0.25, 0.3) is 0 Å². The first-order valence-corrected chi connectivity index (χ1v) is 10.6. The molecule has 3 aromatic carbocycles. The smallest absolute Gasteiger partial charge is 0.163 e. The van der Waals surface area contributed by atoms with Crippen LogP contribution < -0.4 is 9.47 Å². The van der Waals surface area contributed by atoms with Gasteiger partial charge in [-0.2, -0.15) is 0 Å². The van der Waals surface area contributed by atoms with E-state index in [1.165, 1.54) is 38.5 Å². The van der Waals surface area contributed by atoms with Crippen LogP contribution in [0, 0.1) is 6.92 Å². The molecule has 35 heavy (non-hydrogen) atoms. The molecule has 3 rings (SSSR count).